The lowest BCUT2D eigenvalue weighted by Crippen LogP contribution is -2.01. The van der Waals surface area contributed by atoms with Gasteiger partial charge < -0.3 is 26.4 Å². The lowest BCUT2D eigenvalue weighted by molar-refractivity contribution is 0.322. The molecular formula is C28H32N2O3. The fourth-order valence-corrected chi connectivity index (χ4v) is 2.99. The summed E-state index contributed by atoms with van der Waals surface area (Å²) in [4.78, 5) is 0. The van der Waals surface area contributed by atoms with Crippen molar-refractivity contribution in [2.45, 2.75) is 12.8 Å². The maximum absolute atomic E-state index is 5.61. The van der Waals surface area contributed by atoms with E-state index < -0.39 is 0 Å². The molecule has 6 N–H and O–H groups in total. The van der Waals surface area contributed by atoms with E-state index in [1.807, 2.05) is 84.9 Å². The molecule has 4 aromatic rings. The number of nitrogens with two attached hydrogens (primary N) is 2. The van der Waals surface area contributed by atoms with Gasteiger partial charge in [-0.25, -0.2) is 0 Å². The molecule has 4 aromatic carbocycles. The van der Waals surface area contributed by atoms with E-state index in [4.69, 9.17) is 20.9 Å². The van der Waals surface area contributed by atoms with Gasteiger partial charge in [0, 0.05) is 24.2 Å². The van der Waals surface area contributed by atoms with E-state index in [1.54, 1.807) is 0 Å². The molecule has 0 heterocycles. The van der Waals surface area contributed by atoms with Gasteiger partial charge in [-0.15, -0.1) is 0 Å². The molecule has 0 radical (unpaired) electrons. The van der Waals surface area contributed by atoms with Gasteiger partial charge in [-0.1, -0.05) is 60.7 Å². The second-order valence-electron chi connectivity index (χ2n) is 7.31. The lowest BCUT2D eigenvalue weighted by atomic mass is 10.2. The average molecular weight is 445 g/mol. The zero-order valence-corrected chi connectivity index (χ0v) is 18.7. The van der Waals surface area contributed by atoms with Crippen LogP contribution in [0.1, 0.15) is 11.1 Å². The summed E-state index contributed by atoms with van der Waals surface area (Å²) in [6.45, 7) is 1.38. The van der Waals surface area contributed by atoms with E-state index in [0.717, 1.165) is 35.7 Å². The van der Waals surface area contributed by atoms with Crippen LogP contribution in [0.3, 0.4) is 0 Å². The molecule has 0 amide bonds. The fourth-order valence-electron chi connectivity index (χ4n) is 2.99. The van der Waals surface area contributed by atoms with Crippen molar-refractivity contribution >= 4 is 11.4 Å². The third kappa shape index (κ3) is 9.80. The number of ether oxygens (including phenoxy) is 2. The summed E-state index contributed by atoms with van der Waals surface area (Å²) in [5, 5.41) is 0. The third-order valence-corrected chi connectivity index (χ3v) is 4.76. The van der Waals surface area contributed by atoms with Crippen molar-refractivity contribution in [2.24, 2.45) is 0 Å². The van der Waals surface area contributed by atoms with E-state index in [1.165, 1.54) is 11.1 Å². The van der Waals surface area contributed by atoms with E-state index in [-0.39, 0.29) is 5.48 Å². The molecule has 0 bridgehead atoms. The van der Waals surface area contributed by atoms with Gasteiger partial charge in [0.2, 0.25) is 0 Å². The van der Waals surface area contributed by atoms with Crippen molar-refractivity contribution in [3.8, 4) is 11.5 Å². The van der Waals surface area contributed by atoms with Gasteiger partial charge in [-0.05, 0) is 59.7 Å². The Kier molecular flexibility index (Phi) is 10.9. The van der Waals surface area contributed by atoms with E-state index >= 15 is 0 Å². The third-order valence-electron chi connectivity index (χ3n) is 4.76. The van der Waals surface area contributed by atoms with E-state index in [0.29, 0.717) is 13.2 Å². The molecular weight excluding hydrogens is 412 g/mol. The molecule has 0 spiro atoms. The molecule has 4 rings (SSSR count). The maximum atomic E-state index is 5.61. The lowest BCUT2D eigenvalue weighted by Gasteiger charge is -2.06. The molecule has 0 aliphatic carbocycles. The Labute approximate surface area is 195 Å². The van der Waals surface area contributed by atoms with Crippen LogP contribution in [0.5, 0.6) is 11.5 Å². The molecule has 5 nitrogen and oxygen atoms in total. The standard InChI is InChI=1S/2C14H15NO.H2O/c2*15-13-6-8-14(9-7-13)16-11-10-12-4-2-1-3-5-12;/h2*1-9H,10-11,15H2;1H2. The Balaban J connectivity index is 0.000000227. The molecule has 0 aromatic heterocycles. The Morgan fingerprint density at radius 2 is 0.788 bits per heavy atom. The average Bonchev–Trinajstić information content (AvgIpc) is 2.84. The predicted octanol–water partition coefficient (Wildman–Crippen LogP) is 4.96. The van der Waals surface area contributed by atoms with Crippen LogP contribution in [-0.4, -0.2) is 18.7 Å². The highest BCUT2D eigenvalue weighted by Gasteiger charge is 1.96. The Morgan fingerprint density at radius 1 is 0.455 bits per heavy atom. The van der Waals surface area contributed by atoms with Crippen LogP contribution in [-0.2, 0) is 12.8 Å². The highest BCUT2D eigenvalue weighted by Crippen LogP contribution is 2.14. The van der Waals surface area contributed by atoms with Crippen molar-refractivity contribution < 1.29 is 14.9 Å². The van der Waals surface area contributed by atoms with Crippen LogP contribution >= 0.6 is 0 Å². The van der Waals surface area contributed by atoms with E-state index in [9.17, 15) is 0 Å². The van der Waals surface area contributed by atoms with Gasteiger partial charge in [0.1, 0.15) is 11.5 Å². The second-order valence-corrected chi connectivity index (χ2v) is 7.31. The Hall–Kier alpha value is -3.96. The second kappa shape index (κ2) is 14.2. The normalized spacial score (nSPS) is 9.70. The van der Waals surface area contributed by atoms with Crippen molar-refractivity contribution in [1.82, 2.24) is 0 Å². The first-order valence-electron chi connectivity index (χ1n) is 10.7. The van der Waals surface area contributed by atoms with Crippen LogP contribution < -0.4 is 20.9 Å². The smallest absolute Gasteiger partial charge is 0.119 e. The van der Waals surface area contributed by atoms with Gasteiger partial charge in [0.05, 0.1) is 13.2 Å². The van der Waals surface area contributed by atoms with Gasteiger partial charge in [-0.3, -0.25) is 0 Å². The summed E-state index contributed by atoms with van der Waals surface area (Å²) in [7, 11) is 0. The van der Waals surface area contributed by atoms with Crippen molar-refractivity contribution in [1.29, 1.82) is 0 Å². The van der Waals surface area contributed by atoms with Gasteiger partial charge in [-0.2, -0.15) is 0 Å². The molecule has 0 atom stereocenters. The quantitative estimate of drug-likeness (QED) is 0.375. The Morgan fingerprint density at radius 3 is 1.12 bits per heavy atom. The van der Waals surface area contributed by atoms with Crippen molar-refractivity contribution in [2.75, 3.05) is 24.7 Å². The highest BCUT2D eigenvalue weighted by molar-refractivity contribution is 5.42. The van der Waals surface area contributed by atoms with Gasteiger partial charge in [0.15, 0.2) is 0 Å². The highest BCUT2D eigenvalue weighted by atomic mass is 16.5. The summed E-state index contributed by atoms with van der Waals surface area (Å²) in [5.74, 6) is 1.73. The van der Waals surface area contributed by atoms with Crippen molar-refractivity contribution in [3.63, 3.8) is 0 Å². The molecule has 0 aliphatic heterocycles. The largest absolute Gasteiger partial charge is 0.493 e. The minimum absolute atomic E-state index is 0. The first kappa shape index (κ1) is 25.3. The monoisotopic (exact) mass is 444 g/mol. The molecule has 33 heavy (non-hydrogen) atoms. The summed E-state index contributed by atoms with van der Waals surface area (Å²) in [6.07, 6.45) is 1.84. The number of anilines is 2. The zero-order chi connectivity index (χ0) is 22.4. The molecule has 0 saturated carbocycles. The predicted molar refractivity (Wildman–Crippen MR) is 137 cm³/mol. The first-order valence-corrected chi connectivity index (χ1v) is 10.7. The van der Waals surface area contributed by atoms with Crippen LogP contribution in [0.2, 0.25) is 0 Å². The molecule has 5 heteroatoms. The summed E-state index contributed by atoms with van der Waals surface area (Å²) in [5.41, 5.74) is 15.3. The summed E-state index contributed by atoms with van der Waals surface area (Å²) < 4.78 is 11.2. The van der Waals surface area contributed by atoms with Crippen LogP contribution in [0.4, 0.5) is 11.4 Å². The molecule has 0 saturated heterocycles. The SMILES string of the molecule is Nc1ccc(OCCc2ccccc2)cc1.Nc1ccc(OCCc2ccccc2)cc1.O. The number of rotatable bonds is 8. The fraction of sp³-hybridized carbons (Fsp3) is 0.143. The summed E-state index contributed by atoms with van der Waals surface area (Å²) in [6, 6.07) is 35.5. The van der Waals surface area contributed by atoms with Gasteiger partial charge in [0.25, 0.3) is 0 Å². The van der Waals surface area contributed by atoms with E-state index in [2.05, 4.69) is 24.3 Å². The van der Waals surface area contributed by atoms with Crippen LogP contribution in [0, 0.1) is 0 Å². The number of hydrogen-bond donors (Lipinski definition) is 2. The van der Waals surface area contributed by atoms with Crippen molar-refractivity contribution in [3.05, 3.63) is 120 Å². The van der Waals surface area contributed by atoms with Crippen LogP contribution in [0.15, 0.2) is 109 Å². The molecule has 0 fully saturated rings. The topological polar surface area (TPSA) is 102 Å². The minimum Gasteiger partial charge on any atom is -0.493 e. The summed E-state index contributed by atoms with van der Waals surface area (Å²) >= 11 is 0. The molecule has 0 aliphatic rings. The van der Waals surface area contributed by atoms with Crippen LogP contribution in [0.25, 0.3) is 0 Å². The Bertz CT molecular complexity index is 935. The van der Waals surface area contributed by atoms with Gasteiger partial charge >= 0.3 is 0 Å². The maximum Gasteiger partial charge on any atom is 0.119 e. The number of nitrogen functional groups attached to an aromatic ring is 2. The molecule has 172 valence electrons. The zero-order valence-electron chi connectivity index (χ0n) is 18.7. The first-order chi connectivity index (χ1) is 15.7. The number of hydrogen-bond acceptors (Lipinski definition) is 4. The molecule has 0 unspecified atom stereocenters. The number of benzene rings is 4. The minimum atomic E-state index is 0.